The zero-order valence-electron chi connectivity index (χ0n) is 39.4. The molecule has 5 N–H and O–H groups in total. The van der Waals surface area contributed by atoms with Gasteiger partial charge in [0.1, 0.15) is 8.42 Å². The van der Waals surface area contributed by atoms with Crippen LogP contribution in [0.1, 0.15) is 56.2 Å². The van der Waals surface area contributed by atoms with Crippen LogP contribution >= 0.6 is 22.7 Å². The number of hydrogen-bond donors (Lipinski definition) is 5. The monoisotopic (exact) mass is 1110 g/mol. The first-order valence-electron chi connectivity index (χ1n) is 23.1. The predicted molar refractivity (Wildman–Crippen MR) is 280 cm³/mol. The molecule has 4 aromatic carbocycles. The molecule has 2 aromatic heterocycles. The van der Waals surface area contributed by atoms with Crippen LogP contribution in [-0.4, -0.2) is 111 Å². The second-order valence-electron chi connectivity index (χ2n) is 17.0. The number of carbonyl (C=O) groups excluding carboxylic acids is 2. The SMILES string of the molecule is O=C(NCc1ccc(S(=O)(=O)N2CCC(Nc3cccc(S(=O)(=O)CCO)c3)CC2)s1)c1ccc([N+](=O)[O-])cc1.O=C(NCc1ccc(S(=O)(=O)N2CCC(Nc3ccccc3)CC2)s1)c1cccc([N+](=O)[O-])c1. The molecule has 0 atom stereocenters. The molecule has 2 saturated heterocycles. The molecule has 2 fully saturated rings. The number of sulfone groups is 1. The average Bonchev–Trinajstić information content (AvgIpc) is 4.10. The lowest BCUT2D eigenvalue weighted by atomic mass is 10.1. The zero-order valence-corrected chi connectivity index (χ0v) is 43.5. The maximum atomic E-state index is 13.2. The number of nitrogens with zero attached hydrogens (tertiary/aromatic N) is 4. The van der Waals surface area contributed by atoms with Gasteiger partial charge in [-0.15, -0.1) is 22.7 Å². The van der Waals surface area contributed by atoms with E-state index >= 15 is 0 Å². The number of rotatable bonds is 19. The van der Waals surface area contributed by atoms with Crippen LogP contribution in [0.15, 0.2) is 141 Å². The molecule has 26 heteroatoms. The van der Waals surface area contributed by atoms with Crippen molar-refractivity contribution >= 4 is 87.1 Å². The van der Waals surface area contributed by atoms with Gasteiger partial charge >= 0.3 is 0 Å². The largest absolute Gasteiger partial charge is 0.395 e. The Labute approximate surface area is 435 Å². The van der Waals surface area contributed by atoms with Crippen molar-refractivity contribution in [3.8, 4) is 0 Å². The van der Waals surface area contributed by atoms with Crippen molar-refractivity contribution in [2.75, 3.05) is 49.2 Å². The molecular weight excluding hydrogens is 1060 g/mol. The van der Waals surface area contributed by atoms with Gasteiger partial charge in [-0.05, 0) is 98.5 Å². The number of sulfonamides is 2. The van der Waals surface area contributed by atoms with Crippen molar-refractivity contribution in [3.05, 3.63) is 169 Å². The van der Waals surface area contributed by atoms with Crippen molar-refractivity contribution in [2.45, 2.75) is 64.2 Å². The van der Waals surface area contributed by atoms with E-state index in [0.717, 1.165) is 28.4 Å². The number of nitro groups is 2. The molecule has 74 heavy (non-hydrogen) atoms. The van der Waals surface area contributed by atoms with Crippen LogP contribution in [0, 0.1) is 20.2 Å². The molecule has 0 unspecified atom stereocenters. The molecule has 21 nitrogen and oxygen atoms in total. The summed E-state index contributed by atoms with van der Waals surface area (Å²) in [5.74, 6) is -1.25. The minimum Gasteiger partial charge on any atom is -0.395 e. The highest BCUT2D eigenvalue weighted by molar-refractivity contribution is 7.92. The zero-order chi connectivity index (χ0) is 53.0. The fraction of sp³-hybridized carbons (Fsp3) is 0.292. The number of hydrogen-bond acceptors (Lipinski definition) is 17. The van der Waals surface area contributed by atoms with Crippen molar-refractivity contribution in [1.29, 1.82) is 0 Å². The topological polar surface area (TPSA) is 298 Å². The summed E-state index contributed by atoms with van der Waals surface area (Å²) >= 11 is 2.18. The van der Waals surface area contributed by atoms with E-state index in [0.29, 0.717) is 54.2 Å². The third kappa shape index (κ3) is 14.3. The van der Waals surface area contributed by atoms with Crippen molar-refractivity contribution in [1.82, 2.24) is 19.2 Å². The van der Waals surface area contributed by atoms with E-state index in [1.807, 2.05) is 30.3 Å². The van der Waals surface area contributed by atoms with Crippen LogP contribution in [0.5, 0.6) is 0 Å². The summed E-state index contributed by atoms with van der Waals surface area (Å²) in [4.78, 5) is 46.7. The summed E-state index contributed by atoms with van der Waals surface area (Å²) in [7, 11) is -10.9. The summed E-state index contributed by atoms with van der Waals surface area (Å²) in [6, 6.07) is 33.4. The Hall–Kier alpha value is -6.65. The van der Waals surface area contributed by atoms with Gasteiger partial charge in [-0.3, -0.25) is 29.8 Å². The number of non-ortho nitro benzene ring substituents is 2. The second kappa shape index (κ2) is 24.6. The van der Waals surface area contributed by atoms with E-state index in [1.165, 1.54) is 75.3 Å². The first-order chi connectivity index (χ1) is 35.3. The van der Waals surface area contributed by atoms with Gasteiger partial charge in [-0.25, -0.2) is 25.3 Å². The summed E-state index contributed by atoms with van der Waals surface area (Å²) in [5, 5.41) is 42.8. The normalized spacial score (nSPS) is 15.0. The van der Waals surface area contributed by atoms with Gasteiger partial charge in [0.25, 0.3) is 43.2 Å². The van der Waals surface area contributed by atoms with E-state index in [1.54, 1.807) is 30.3 Å². The van der Waals surface area contributed by atoms with E-state index in [2.05, 4.69) is 21.3 Å². The molecule has 2 aliphatic rings. The van der Waals surface area contributed by atoms with Crippen LogP contribution in [0.3, 0.4) is 0 Å². The Kier molecular flexibility index (Phi) is 18.3. The Morgan fingerprint density at radius 1 is 0.568 bits per heavy atom. The Balaban J connectivity index is 0.000000219. The molecule has 6 aromatic rings. The van der Waals surface area contributed by atoms with Crippen LogP contribution in [-0.2, 0) is 43.0 Å². The molecule has 0 bridgehead atoms. The van der Waals surface area contributed by atoms with Gasteiger partial charge in [0, 0.05) is 94.8 Å². The van der Waals surface area contributed by atoms with E-state index in [9.17, 15) is 55.1 Å². The fourth-order valence-corrected chi connectivity index (χ4v) is 14.9. The molecule has 4 heterocycles. The van der Waals surface area contributed by atoms with Gasteiger partial charge in [0.2, 0.25) is 0 Å². The van der Waals surface area contributed by atoms with E-state index in [-0.39, 0.29) is 79.8 Å². The summed E-state index contributed by atoms with van der Waals surface area (Å²) < 4.78 is 80.4. The number of aliphatic hydroxyl groups is 1. The highest BCUT2D eigenvalue weighted by atomic mass is 32.3. The van der Waals surface area contributed by atoms with Crippen molar-refractivity contribution in [3.63, 3.8) is 0 Å². The van der Waals surface area contributed by atoms with Crippen LogP contribution in [0.25, 0.3) is 0 Å². The van der Waals surface area contributed by atoms with E-state index < -0.39 is 58.2 Å². The van der Waals surface area contributed by atoms with Crippen LogP contribution < -0.4 is 21.3 Å². The predicted octanol–water partition coefficient (Wildman–Crippen LogP) is 6.47. The molecule has 0 spiro atoms. The van der Waals surface area contributed by atoms with Gasteiger partial charge < -0.3 is 26.4 Å². The molecule has 0 radical (unpaired) electrons. The minimum absolute atomic E-state index is 0.0456. The number of piperidine rings is 2. The number of aliphatic hydroxyl groups excluding tert-OH is 1. The number of nitro benzene ring substituents is 2. The summed E-state index contributed by atoms with van der Waals surface area (Å²) in [5.41, 5.74) is 1.77. The summed E-state index contributed by atoms with van der Waals surface area (Å²) in [6.07, 6.45) is 2.48. The molecule has 0 saturated carbocycles. The Morgan fingerprint density at radius 3 is 1.57 bits per heavy atom. The molecular formula is C48H52N8O13S5. The maximum Gasteiger partial charge on any atom is 0.270 e. The first kappa shape index (κ1) is 55.1. The van der Waals surface area contributed by atoms with Crippen LogP contribution in [0.2, 0.25) is 0 Å². The lowest BCUT2D eigenvalue weighted by molar-refractivity contribution is -0.385. The lowest BCUT2D eigenvalue weighted by Gasteiger charge is -2.31. The van der Waals surface area contributed by atoms with Gasteiger partial charge in [-0.1, -0.05) is 30.3 Å². The van der Waals surface area contributed by atoms with Gasteiger partial charge in [0.15, 0.2) is 9.84 Å². The van der Waals surface area contributed by atoms with Crippen molar-refractivity contribution < 1.29 is 49.8 Å². The lowest BCUT2D eigenvalue weighted by Crippen LogP contribution is -2.42. The minimum atomic E-state index is -3.73. The number of nitrogens with one attached hydrogen (secondary N) is 4. The number of carbonyl (C=O) groups is 2. The van der Waals surface area contributed by atoms with Gasteiger partial charge in [0.05, 0.1) is 40.2 Å². The first-order valence-corrected chi connectivity index (χ1v) is 29.2. The molecule has 2 amide bonds. The van der Waals surface area contributed by atoms with Crippen molar-refractivity contribution in [2.24, 2.45) is 0 Å². The maximum absolute atomic E-state index is 13.2. The third-order valence-electron chi connectivity index (χ3n) is 11.9. The number of thiophene rings is 2. The van der Waals surface area contributed by atoms with Gasteiger partial charge in [-0.2, -0.15) is 8.61 Å². The second-order valence-corrected chi connectivity index (χ2v) is 25.8. The Morgan fingerprint density at radius 2 is 1.05 bits per heavy atom. The standard InChI is InChI=1S/C25H28N4O8S3.C23H24N4O5S2/c30-14-15-39(34,35)23-3-1-2-20(16-23)27-19-10-12-28(13-11-19)40(36,37)24-9-8-22(38-24)17-26-25(31)18-4-6-21(7-5-18)29(32)33;28-23(17-5-4-8-20(15-17)27(29)30)24-16-21-9-10-22(33-21)34(31,32)26-13-11-19(12-14-26)25-18-6-2-1-3-7-18/h1-9,16,19,27,30H,10-15,17H2,(H,26,31);1-10,15,19,25H,11-14,16H2,(H,24,28). The fourth-order valence-electron chi connectivity index (χ4n) is 7.98. The number of amides is 2. The molecule has 2 aliphatic heterocycles. The van der Waals surface area contributed by atoms with E-state index in [4.69, 9.17) is 5.11 Å². The highest BCUT2D eigenvalue weighted by Crippen LogP contribution is 2.30. The Bertz CT molecular complexity index is 3290. The smallest absolute Gasteiger partial charge is 0.270 e. The number of anilines is 2. The quantitative estimate of drug-likeness (QED) is 0.0429. The number of benzene rings is 4. The number of para-hydroxylation sites is 1. The molecule has 0 aliphatic carbocycles. The molecule has 8 rings (SSSR count). The van der Waals surface area contributed by atoms with Crippen LogP contribution in [0.4, 0.5) is 22.7 Å². The summed E-state index contributed by atoms with van der Waals surface area (Å²) in [6.45, 7) is 1.21. The average molecular weight is 1110 g/mol. The highest BCUT2D eigenvalue weighted by Gasteiger charge is 2.32. The molecule has 392 valence electrons. The third-order valence-corrected chi connectivity index (χ3v) is 20.5.